The zero-order chi connectivity index (χ0) is 24.2. The Balaban J connectivity index is 1.31. The molecule has 35 heavy (non-hydrogen) atoms. The van der Waals surface area contributed by atoms with E-state index in [1.165, 1.54) is 11.8 Å². The quantitative estimate of drug-likeness (QED) is 0.444. The molecule has 7 nitrogen and oxygen atoms in total. The number of hydrogen-bond donors (Lipinski definition) is 2. The molecule has 182 valence electrons. The molecule has 0 saturated carbocycles. The first kappa shape index (κ1) is 23.4. The van der Waals surface area contributed by atoms with E-state index < -0.39 is 0 Å². The molecule has 0 unspecified atom stereocenters. The smallest absolute Gasteiger partial charge is 0.163 e. The van der Waals surface area contributed by atoms with Crippen molar-refractivity contribution in [1.82, 2.24) is 0 Å². The summed E-state index contributed by atoms with van der Waals surface area (Å²) in [6.45, 7) is 4.10. The molecule has 0 aromatic heterocycles. The maximum absolute atomic E-state index is 14.4. The number of fused-ring (bicyclic) bond motifs is 1. The second-order valence-corrected chi connectivity index (χ2v) is 9.11. The molecule has 3 aromatic rings. The van der Waals surface area contributed by atoms with Crippen LogP contribution in [0.2, 0.25) is 0 Å². The van der Waals surface area contributed by atoms with E-state index in [1.807, 2.05) is 12.1 Å². The highest BCUT2D eigenvalue weighted by Gasteiger charge is 2.20. The minimum Gasteiger partial charge on any atom is -0.493 e. The van der Waals surface area contributed by atoms with Crippen LogP contribution >= 0.6 is 15.9 Å². The molecule has 1 fully saturated rings. The molecule has 0 aliphatic carbocycles. The average molecular weight is 541 g/mol. The van der Waals surface area contributed by atoms with E-state index in [9.17, 15) is 4.39 Å². The van der Waals surface area contributed by atoms with Gasteiger partial charge >= 0.3 is 0 Å². The predicted octanol–water partition coefficient (Wildman–Crippen LogP) is 5.25. The standard InChI is InChI=1S/C26H26BrFN4O3/c1-33-24-13-20-23(29-16-30-26(20)31-22-7-4-18(27)12-21(22)28)14-25(24)35-15-17-2-5-19(6-3-17)32-8-10-34-11-9-32/h2-7,12-14,29H,8-11,15-16H2,1H3,(H,30,31). The lowest BCUT2D eigenvalue weighted by Gasteiger charge is -2.28. The highest BCUT2D eigenvalue weighted by Crippen LogP contribution is 2.36. The average Bonchev–Trinajstić information content (AvgIpc) is 2.89. The van der Waals surface area contributed by atoms with Gasteiger partial charge in [-0.2, -0.15) is 0 Å². The van der Waals surface area contributed by atoms with Crippen LogP contribution in [-0.4, -0.2) is 45.9 Å². The van der Waals surface area contributed by atoms with Gasteiger partial charge in [-0.3, -0.25) is 0 Å². The van der Waals surface area contributed by atoms with Crippen molar-refractivity contribution in [2.45, 2.75) is 6.61 Å². The number of methoxy groups -OCH3 is 1. The number of nitrogens with zero attached hydrogens (tertiary/aromatic N) is 2. The Kier molecular flexibility index (Phi) is 7.06. The van der Waals surface area contributed by atoms with Crippen LogP contribution in [0.25, 0.3) is 0 Å². The third-order valence-electron chi connectivity index (χ3n) is 5.96. The van der Waals surface area contributed by atoms with Crippen LogP contribution in [0.5, 0.6) is 11.5 Å². The normalized spacial score (nSPS) is 15.1. The lowest BCUT2D eigenvalue weighted by atomic mass is 10.1. The summed E-state index contributed by atoms with van der Waals surface area (Å²) in [5, 5.41) is 6.36. The molecule has 2 N–H and O–H groups in total. The highest BCUT2D eigenvalue weighted by atomic mass is 79.9. The van der Waals surface area contributed by atoms with Crippen LogP contribution in [0.1, 0.15) is 11.1 Å². The number of rotatable bonds is 6. The Morgan fingerprint density at radius 2 is 1.89 bits per heavy atom. The monoisotopic (exact) mass is 540 g/mol. The SMILES string of the molecule is COc1cc2c(cc1OCc1ccc(N3CCOCC3)cc1)NCN=C2Nc1ccc(Br)cc1F. The molecule has 5 rings (SSSR count). The summed E-state index contributed by atoms with van der Waals surface area (Å²) in [7, 11) is 1.60. The fourth-order valence-electron chi connectivity index (χ4n) is 4.07. The molecule has 2 heterocycles. The van der Waals surface area contributed by atoms with Crippen molar-refractivity contribution in [1.29, 1.82) is 0 Å². The van der Waals surface area contributed by atoms with Crippen molar-refractivity contribution in [3.63, 3.8) is 0 Å². The fourth-order valence-corrected chi connectivity index (χ4v) is 4.41. The topological polar surface area (TPSA) is 67.3 Å². The summed E-state index contributed by atoms with van der Waals surface area (Å²) in [5.74, 6) is 1.38. The lowest BCUT2D eigenvalue weighted by molar-refractivity contribution is 0.122. The number of morpholine rings is 1. The van der Waals surface area contributed by atoms with Crippen LogP contribution in [-0.2, 0) is 11.3 Å². The van der Waals surface area contributed by atoms with Gasteiger partial charge in [-0.25, -0.2) is 9.38 Å². The first-order chi connectivity index (χ1) is 17.1. The van der Waals surface area contributed by atoms with Gasteiger partial charge in [0.2, 0.25) is 0 Å². The number of anilines is 3. The molecule has 9 heteroatoms. The van der Waals surface area contributed by atoms with Gasteiger partial charge in [0, 0.05) is 34.9 Å². The summed E-state index contributed by atoms with van der Waals surface area (Å²) in [4.78, 5) is 6.80. The van der Waals surface area contributed by atoms with Crippen LogP contribution in [0.15, 0.2) is 64.1 Å². The van der Waals surface area contributed by atoms with Crippen molar-refractivity contribution < 1.29 is 18.6 Å². The van der Waals surface area contributed by atoms with E-state index in [2.05, 4.69) is 60.7 Å². The second kappa shape index (κ2) is 10.5. The zero-order valence-electron chi connectivity index (χ0n) is 19.3. The molecule has 1 saturated heterocycles. The van der Waals surface area contributed by atoms with E-state index >= 15 is 0 Å². The Labute approximate surface area is 212 Å². The summed E-state index contributed by atoms with van der Waals surface area (Å²) < 4.78 is 32.2. The van der Waals surface area contributed by atoms with E-state index in [1.54, 1.807) is 19.2 Å². The summed E-state index contributed by atoms with van der Waals surface area (Å²) in [6.07, 6.45) is 0. The summed E-state index contributed by atoms with van der Waals surface area (Å²) in [6, 6.07) is 17.0. The van der Waals surface area contributed by atoms with Crippen molar-refractivity contribution in [2.24, 2.45) is 4.99 Å². The van der Waals surface area contributed by atoms with Gasteiger partial charge in [0.15, 0.2) is 11.5 Å². The fraction of sp³-hybridized carbons (Fsp3) is 0.269. The third-order valence-corrected chi connectivity index (χ3v) is 6.45. The minimum atomic E-state index is -0.367. The predicted molar refractivity (Wildman–Crippen MR) is 140 cm³/mol. The molecule has 3 aromatic carbocycles. The number of amidine groups is 1. The Morgan fingerprint density at radius 3 is 2.63 bits per heavy atom. The Hall–Kier alpha value is -3.30. The highest BCUT2D eigenvalue weighted by molar-refractivity contribution is 9.10. The summed E-state index contributed by atoms with van der Waals surface area (Å²) >= 11 is 3.28. The van der Waals surface area contributed by atoms with E-state index in [0.29, 0.717) is 40.8 Å². The van der Waals surface area contributed by atoms with Gasteiger partial charge in [0.1, 0.15) is 24.9 Å². The van der Waals surface area contributed by atoms with Crippen LogP contribution < -0.4 is 25.0 Å². The van der Waals surface area contributed by atoms with Crippen LogP contribution in [0, 0.1) is 5.82 Å². The maximum Gasteiger partial charge on any atom is 0.163 e. The molecule has 0 bridgehead atoms. The Bertz CT molecular complexity index is 1230. The molecule has 0 spiro atoms. The van der Waals surface area contributed by atoms with E-state index in [0.717, 1.165) is 43.1 Å². The number of aliphatic imine (C=N–C) groups is 1. The Morgan fingerprint density at radius 1 is 1.09 bits per heavy atom. The van der Waals surface area contributed by atoms with Gasteiger partial charge in [-0.05, 0) is 42.0 Å². The molecule has 2 aliphatic heterocycles. The number of hydrogen-bond acceptors (Lipinski definition) is 7. The number of halogens is 2. The molecular formula is C26H26BrFN4O3. The zero-order valence-corrected chi connectivity index (χ0v) is 20.9. The number of benzene rings is 3. The van der Waals surface area contributed by atoms with E-state index in [4.69, 9.17) is 14.2 Å². The van der Waals surface area contributed by atoms with Crippen molar-refractivity contribution in [3.05, 3.63) is 76.0 Å². The first-order valence-corrected chi connectivity index (χ1v) is 12.2. The minimum absolute atomic E-state index is 0.347. The lowest BCUT2D eigenvalue weighted by Crippen LogP contribution is -2.36. The van der Waals surface area contributed by atoms with Gasteiger partial charge in [0.05, 0.1) is 31.7 Å². The molecule has 0 radical (unpaired) electrons. The third kappa shape index (κ3) is 5.36. The molecule has 0 atom stereocenters. The first-order valence-electron chi connectivity index (χ1n) is 11.4. The molecular weight excluding hydrogens is 515 g/mol. The molecule has 0 amide bonds. The van der Waals surface area contributed by atoms with Gasteiger partial charge in [-0.15, -0.1) is 0 Å². The van der Waals surface area contributed by atoms with Crippen LogP contribution in [0.3, 0.4) is 0 Å². The second-order valence-electron chi connectivity index (χ2n) is 8.19. The van der Waals surface area contributed by atoms with Crippen LogP contribution in [0.4, 0.5) is 21.5 Å². The summed E-state index contributed by atoms with van der Waals surface area (Å²) in [5.41, 5.74) is 4.20. The van der Waals surface area contributed by atoms with Gasteiger partial charge in [-0.1, -0.05) is 28.1 Å². The van der Waals surface area contributed by atoms with E-state index in [-0.39, 0.29) is 5.82 Å². The maximum atomic E-state index is 14.4. The number of nitrogens with one attached hydrogen (secondary N) is 2. The number of ether oxygens (including phenoxy) is 3. The molecule has 2 aliphatic rings. The largest absolute Gasteiger partial charge is 0.493 e. The van der Waals surface area contributed by atoms with Gasteiger partial charge in [0.25, 0.3) is 0 Å². The van der Waals surface area contributed by atoms with Crippen molar-refractivity contribution in [3.8, 4) is 11.5 Å². The van der Waals surface area contributed by atoms with Crippen molar-refractivity contribution in [2.75, 3.05) is 55.6 Å². The van der Waals surface area contributed by atoms with Gasteiger partial charge < -0.3 is 29.7 Å². The van der Waals surface area contributed by atoms with Crippen molar-refractivity contribution >= 4 is 38.8 Å².